The lowest BCUT2D eigenvalue weighted by Crippen LogP contribution is -2.48. The van der Waals surface area contributed by atoms with Gasteiger partial charge < -0.3 is 9.47 Å². The van der Waals surface area contributed by atoms with Gasteiger partial charge in [-0.05, 0) is 92.4 Å². The zero-order valence-corrected chi connectivity index (χ0v) is 14.3. The predicted octanol–water partition coefficient (Wildman–Crippen LogP) is 4.86. The third-order valence-corrected chi connectivity index (χ3v) is 6.23. The Morgan fingerprint density at radius 3 is 2.35 bits per heavy atom. The average Bonchev–Trinajstić information content (AvgIpc) is 2.52. The van der Waals surface area contributed by atoms with Gasteiger partial charge in [-0.2, -0.15) is 0 Å². The van der Waals surface area contributed by atoms with Crippen molar-refractivity contribution >= 4 is 0 Å². The van der Waals surface area contributed by atoms with Crippen molar-refractivity contribution in [3.8, 4) is 5.75 Å². The molecule has 1 radical (unpaired) electrons. The summed E-state index contributed by atoms with van der Waals surface area (Å²) >= 11 is 0. The molecular weight excluding hydrogens is 284 g/mol. The van der Waals surface area contributed by atoms with Crippen molar-refractivity contribution in [2.45, 2.75) is 50.9 Å². The van der Waals surface area contributed by atoms with Crippen molar-refractivity contribution in [2.24, 2.45) is 17.8 Å². The first-order chi connectivity index (χ1) is 11.2. The number of hydrogen-bond donors (Lipinski definition) is 0. The number of rotatable bonds is 5. The maximum Gasteiger partial charge on any atom is 0.188 e. The van der Waals surface area contributed by atoms with Gasteiger partial charge >= 0.3 is 0 Å². The zero-order chi connectivity index (χ0) is 15.9. The molecule has 0 N–H and O–H groups in total. The highest BCUT2D eigenvalue weighted by Gasteiger charge is 2.52. The Kier molecular flexibility index (Phi) is 3.96. The summed E-state index contributed by atoms with van der Waals surface area (Å²) in [7, 11) is 1.69. The molecule has 4 saturated carbocycles. The first-order valence-corrected chi connectivity index (χ1v) is 9.03. The fourth-order valence-electron chi connectivity index (χ4n) is 5.89. The zero-order valence-electron chi connectivity index (χ0n) is 14.3. The normalized spacial score (nSPS) is 35.1. The molecule has 1 aromatic rings. The monoisotopic (exact) mass is 311 g/mol. The van der Waals surface area contributed by atoms with Crippen LogP contribution in [-0.2, 0) is 10.2 Å². The van der Waals surface area contributed by atoms with E-state index in [1.165, 1.54) is 49.7 Å². The Labute approximate surface area is 139 Å². The van der Waals surface area contributed by atoms with Crippen LogP contribution < -0.4 is 4.74 Å². The molecule has 2 nitrogen and oxygen atoms in total. The van der Waals surface area contributed by atoms with Crippen LogP contribution in [-0.4, -0.2) is 13.9 Å². The van der Waals surface area contributed by atoms with E-state index in [1.807, 2.05) is 13.0 Å². The van der Waals surface area contributed by atoms with Crippen molar-refractivity contribution in [3.05, 3.63) is 41.5 Å². The maximum absolute atomic E-state index is 5.95. The van der Waals surface area contributed by atoms with Crippen LogP contribution in [0.3, 0.4) is 0 Å². The quantitative estimate of drug-likeness (QED) is 0.723. The Balaban J connectivity index is 1.74. The molecule has 0 aromatic heterocycles. The van der Waals surface area contributed by atoms with Crippen LogP contribution in [0.25, 0.3) is 0 Å². The van der Waals surface area contributed by atoms with E-state index in [4.69, 9.17) is 9.47 Å². The highest BCUT2D eigenvalue weighted by atomic mass is 16.7. The molecule has 23 heavy (non-hydrogen) atoms. The Bertz CT molecular complexity index is 567. The summed E-state index contributed by atoms with van der Waals surface area (Å²) in [4.78, 5) is 0. The van der Waals surface area contributed by atoms with E-state index in [-0.39, 0.29) is 0 Å². The van der Waals surface area contributed by atoms with E-state index < -0.39 is 0 Å². The molecule has 0 saturated heterocycles. The third-order valence-electron chi connectivity index (χ3n) is 6.23. The number of ether oxygens (including phenoxy) is 2. The van der Waals surface area contributed by atoms with Gasteiger partial charge in [0.05, 0.1) is 0 Å². The second-order valence-electron chi connectivity index (χ2n) is 7.89. The minimum absolute atomic E-state index is 0.325. The lowest BCUT2D eigenvalue weighted by molar-refractivity contribution is -0.00884. The van der Waals surface area contributed by atoms with E-state index >= 15 is 0 Å². The summed E-state index contributed by atoms with van der Waals surface area (Å²) in [6.45, 7) is 2.35. The highest BCUT2D eigenvalue weighted by Crippen LogP contribution is 2.61. The molecule has 0 unspecified atom stereocenters. The largest absolute Gasteiger partial charge is 0.467 e. The standard InChI is InChI=1S/C21H27O2/c1-3-4-15-5-6-20(23-14-22-2)19(10-15)21-11-16-7-17(12-21)9-18(8-16)13-21/h3,5-6,10,16-18H,7-9,11-14H2,1-2H3. The number of allylic oxidation sites excluding steroid dienone is 1. The fraction of sp³-hybridized carbons (Fsp3) is 0.619. The van der Waals surface area contributed by atoms with Crippen LogP contribution in [0, 0.1) is 23.8 Å². The van der Waals surface area contributed by atoms with E-state index in [2.05, 4.69) is 24.3 Å². The van der Waals surface area contributed by atoms with Crippen molar-refractivity contribution in [2.75, 3.05) is 13.9 Å². The Morgan fingerprint density at radius 2 is 1.78 bits per heavy atom. The van der Waals surface area contributed by atoms with Gasteiger partial charge in [0.1, 0.15) is 5.75 Å². The summed E-state index contributed by atoms with van der Waals surface area (Å²) in [5.74, 6) is 3.83. The molecule has 4 aliphatic carbocycles. The van der Waals surface area contributed by atoms with Gasteiger partial charge in [-0.15, -0.1) is 0 Å². The van der Waals surface area contributed by atoms with Gasteiger partial charge in [-0.3, -0.25) is 0 Å². The number of hydrogen-bond acceptors (Lipinski definition) is 2. The summed E-state index contributed by atoms with van der Waals surface area (Å²) in [5.41, 5.74) is 2.92. The van der Waals surface area contributed by atoms with Gasteiger partial charge in [-0.1, -0.05) is 12.1 Å². The van der Waals surface area contributed by atoms with Gasteiger partial charge in [0.2, 0.25) is 0 Å². The molecule has 4 fully saturated rings. The number of methoxy groups -OCH3 is 1. The minimum Gasteiger partial charge on any atom is -0.467 e. The molecule has 0 heterocycles. The lowest BCUT2D eigenvalue weighted by atomic mass is 9.48. The number of benzene rings is 1. The second-order valence-corrected chi connectivity index (χ2v) is 7.89. The predicted molar refractivity (Wildman–Crippen MR) is 91.4 cm³/mol. The minimum atomic E-state index is 0.325. The summed E-state index contributed by atoms with van der Waals surface area (Å²) in [6.07, 6.45) is 13.8. The average molecular weight is 311 g/mol. The molecule has 4 aliphatic rings. The molecule has 4 bridgehead atoms. The molecule has 0 amide bonds. The molecule has 0 spiro atoms. The van der Waals surface area contributed by atoms with Gasteiger partial charge in [-0.25, -0.2) is 0 Å². The molecule has 0 aliphatic heterocycles. The van der Waals surface area contributed by atoms with Crippen molar-refractivity contribution in [1.29, 1.82) is 0 Å². The van der Waals surface area contributed by atoms with E-state index in [1.54, 1.807) is 7.11 Å². The van der Waals surface area contributed by atoms with E-state index in [0.717, 1.165) is 23.5 Å². The van der Waals surface area contributed by atoms with Crippen LogP contribution in [0.4, 0.5) is 0 Å². The van der Waals surface area contributed by atoms with E-state index in [9.17, 15) is 0 Å². The summed E-state index contributed by atoms with van der Waals surface area (Å²) in [5, 5.41) is 0. The first-order valence-electron chi connectivity index (χ1n) is 9.03. The lowest BCUT2D eigenvalue weighted by Gasteiger charge is -2.57. The summed E-state index contributed by atoms with van der Waals surface area (Å²) < 4.78 is 11.1. The molecule has 5 rings (SSSR count). The van der Waals surface area contributed by atoms with Gasteiger partial charge in [0.15, 0.2) is 6.79 Å². The van der Waals surface area contributed by atoms with Gasteiger partial charge in [0, 0.05) is 12.7 Å². The SMILES string of the molecule is C/C=[C]/c1ccc(OCOC)c(C23CC4CC(CC(C4)C2)C3)c1. The van der Waals surface area contributed by atoms with Crippen LogP contribution in [0.5, 0.6) is 5.75 Å². The third kappa shape index (κ3) is 2.71. The Morgan fingerprint density at radius 1 is 1.13 bits per heavy atom. The highest BCUT2D eigenvalue weighted by molar-refractivity contribution is 5.45. The molecule has 123 valence electrons. The molecule has 2 heteroatoms. The van der Waals surface area contributed by atoms with Crippen molar-refractivity contribution in [1.82, 2.24) is 0 Å². The molecule has 1 aromatic carbocycles. The van der Waals surface area contributed by atoms with E-state index in [0.29, 0.717) is 12.2 Å². The molecule has 0 atom stereocenters. The van der Waals surface area contributed by atoms with Crippen LogP contribution >= 0.6 is 0 Å². The Hall–Kier alpha value is -1.28. The van der Waals surface area contributed by atoms with Crippen LogP contribution in [0.1, 0.15) is 56.6 Å². The van der Waals surface area contributed by atoms with Gasteiger partial charge in [0.25, 0.3) is 0 Å². The first kappa shape index (κ1) is 15.3. The van der Waals surface area contributed by atoms with Crippen LogP contribution in [0.2, 0.25) is 0 Å². The fourth-order valence-corrected chi connectivity index (χ4v) is 5.89. The smallest absolute Gasteiger partial charge is 0.188 e. The molecular formula is C21H27O2. The second kappa shape index (κ2) is 5.98. The van der Waals surface area contributed by atoms with Crippen molar-refractivity contribution < 1.29 is 9.47 Å². The van der Waals surface area contributed by atoms with Crippen LogP contribution in [0.15, 0.2) is 24.3 Å². The maximum atomic E-state index is 5.95. The van der Waals surface area contributed by atoms with Crippen molar-refractivity contribution in [3.63, 3.8) is 0 Å². The summed E-state index contributed by atoms with van der Waals surface area (Å²) in [6, 6.07) is 6.56. The topological polar surface area (TPSA) is 18.5 Å².